The lowest BCUT2D eigenvalue weighted by atomic mass is 10.0. The van der Waals surface area contributed by atoms with E-state index in [9.17, 15) is 13.7 Å². The molecule has 6 heteroatoms. The minimum Gasteiger partial charge on any atom is -0.485 e. The predicted octanol–water partition coefficient (Wildman–Crippen LogP) is 4.39. The number of benzene rings is 2. The molecule has 1 atom stereocenters. The van der Waals surface area contributed by atoms with Crippen LogP contribution in [0.4, 0.5) is 0 Å². The Bertz CT molecular complexity index is 1020. The maximum atomic E-state index is 12.7. The second kappa shape index (κ2) is 6.75. The first kappa shape index (κ1) is 17.3. The number of fused-ring (bicyclic) bond motifs is 1. The molecule has 2 aromatic carbocycles. The van der Waals surface area contributed by atoms with E-state index in [1.807, 2.05) is 37.3 Å². The van der Waals surface area contributed by atoms with Gasteiger partial charge in [-0.3, -0.25) is 0 Å². The normalized spacial score (nSPS) is 17.1. The fourth-order valence-corrected chi connectivity index (χ4v) is 3.77. The van der Waals surface area contributed by atoms with Crippen molar-refractivity contribution in [1.29, 1.82) is 5.26 Å². The van der Waals surface area contributed by atoms with E-state index in [1.54, 1.807) is 6.07 Å². The van der Waals surface area contributed by atoms with Crippen molar-refractivity contribution in [2.45, 2.75) is 17.9 Å². The largest absolute Gasteiger partial charge is 0.485 e. The van der Waals surface area contributed by atoms with E-state index in [1.165, 1.54) is 30.3 Å². The van der Waals surface area contributed by atoms with Gasteiger partial charge in [-0.2, -0.15) is 5.26 Å². The topological polar surface area (TPSA) is 67.2 Å². The number of hydrogen-bond acceptors (Lipinski definition) is 4. The van der Waals surface area contributed by atoms with Crippen LogP contribution in [-0.2, 0) is 9.84 Å². The Morgan fingerprint density at radius 1 is 1.20 bits per heavy atom. The average molecular weight is 372 g/mol. The number of nitrogens with zero attached hydrogens (tertiary/aromatic N) is 1. The van der Waals surface area contributed by atoms with Gasteiger partial charge in [0.2, 0.25) is 9.84 Å². The summed E-state index contributed by atoms with van der Waals surface area (Å²) in [6.45, 7) is 1.81. The third-order valence-corrected chi connectivity index (χ3v) is 5.77. The molecule has 0 bridgehead atoms. The van der Waals surface area contributed by atoms with Crippen molar-refractivity contribution in [3.05, 3.63) is 75.7 Å². The van der Waals surface area contributed by atoms with E-state index in [4.69, 9.17) is 16.3 Å². The Morgan fingerprint density at radius 2 is 1.88 bits per heavy atom. The van der Waals surface area contributed by atoms with Crippen molar-refractivity contribution >= 4 is 27.5 Å². The molecule has 0 fully saturated rings. The summed E-state index contributed by atoms with van der Waals surface area (Å²) in [5.41, 5.74) is 1.46. The zero-order valence-electron chi connectivity index (χ0n) is 13.3. The van der Waals surface area contributed by atoms with Crippen LogP contribution in [0.1, 0.15) is 12.5 Å². The summed E-state index contributed by atoms with van der Waals surface area (Å²) >= 11 is 5.80. The van der Waals surface area contributed by atoms with Crippen LogP contribution < -0.4 is 4.74 Å². The van der Waals surface area contributed by atoms with Gasteiger partial charge in [-0.1, -0.05) is 29.8 Å². The zero-order chi connectivity index (χ0) is 18.0. The molecular formula is C19H14ClNO3S. The molecule has 0 aromatic heterocycles. The predicted molar refractivity (Wildman–Crippen MR) is 96.8 cm³/mol. The maximum Gasteiger partial charge on any atom is 0.216 e. The van der Waals surface area contributed by atoms with Crippen LogP contribution in [0.25, 0.3) is 6.08 Å². The van der Waals surface area contributed by atoms with E-state index < -0.39 is 9.84 Å². The van der Waals surface area contributed by atoms with E-state index in [2.05, 4.69) is 0 Å². The van der Waals surface area contributed by atoms with Crippen LogP contribution in [0.15, 0.2) is 70.0 Å². The van der Waals surface area contributed by atoms with Gasteiger partial charge in [0.15, 0.2) is 0 Å². The quantitative estimate of drug-likeness (QED) is 0.750. The molecule has 3 rings (SSSR count). The molecular weight excluding hydrogens is 358 g/mol. The first-order valence-corrected chi connectivity index (χ1v) is 9.37. The van der Waals surface area contributed by atoms with Gasteiger partial charge in [-0.25, -0.2) is 8.42 Å². The molecule has 4 nitrogen and oxygen atoms in total. The SMILES string of the molecule is C[C@@H]1Oc2ccccc2C=C1/C=C(\C#N)S(=O)(=O)c1ccc(Cl)cc1. The molecule has 1 heterocycles. The molecule has 0 amide bonds. The number of allylic oxidation sites excluding steroid dienone is 1. The van der Waals surface area contributed by atoms with E-state index >= 15 is 0 Å². The van der Waals surface area contributed by atoms with Crippen molar-refractivity contribution < 1.29 is 13.2 Å². The smallest absolute Gasteiger partial charge is 0.216 e. The summed E-state index contributed by atoms with van der Waals surface area (Å²) < 4.78 is 31.2. The van der Waals surface area contributed by atoms with Gasteiger partial charge in [0.25, 0.3) is 0 Å². The molecule has 1 aliphatic rings. The molecule has 0 unspecified atom stereocenters. The standard InChI is InChI=1S/C19H14ClNO3S/c1-13-15(10-14-4-2-3-5-19(14)24-13)11-18(12-21)25(22,23)17-8-6-16(20)7-9-17/h2-11,13H,1H3/b18-11+/t13-/m0/s1. The summed E-state index contributed by atoms with van der Waals surface area (Å²) in [5.74, 6) is 0.728. The number of sulfone groups is 1. The van der Waals surface area contributed by atoms with Crippen LogP contribution in [0, 0.1) is 11.3 Å². The number of rotatable bonds is 3. The number of para-hydroxylation sites is 1. The molecule has 25 heavy (non-hydrogen) atoms. The maximum absolute atomic E-state index is 12.7. The average Bonchev–Trinajstić information content (AvgIpc) is 2.60. The van der Waals surface area contributed by atoms with Gasteiger partial charge in [0.1, 0.15) is 22.8 Å². The third-order valence-electron chi connectivity index (χ3n) is 3.84. The molecule has 0 spiro atoms. The van der Waals surface area contributed by atoms with Gasteiger partial charge < -0.3 is 4.74 Å². The minimum absolute atomic E-state index is 0.0232. The Kier molecular flexibility index (Phi) is 4.67. The van der Waals surface area contributed by atoms with Crippen molar-refractivity contribution in [3.8, 4) is 11.8 Å². The van der Waals surface area contributed by atoms with Gasteiger partial charge in [0, 0.05) is 10.6 Å². The minimum atomic E-state index is -3.92. The number of halogens is 1. The fourth-order valence-electron chi connectivity index (χ4n) is 2.48. The number of ether oxygens (including phenoxy) is 1. The first-order chi connectivity index (χ1) is 11.9. The molecule has 0 aliphatic carbocycles. The Hall–Kier alpha value is -2.55. The van der Waals surface area contributed by atoms with Gasteiger partial charge in [-0.05, 0) is 55.0 Å². The van der Waals surface area contributed by atoms with Gasteiger partial charge in [-0.15, -0.1) is 0 Å². The van der Waals surface area contributed by atoms with Crippen molar-refractivity contribution in [2.24, 2.45) is 0 Å². The lowest BCUT2D eigenvalue weighted by molar-refractivity contribution is 0.257. The summed E-state index contributed by atoms with van der Waals surface area (Å²) in [6.07, 6.45) is 2.83. The molecule has 1 aliphatic heterocycles. The van der Waals surface area contributed by atoms with E-state index in [0.29, 0.717) is 10.6 Å². The second-order valence-corrected chi connectivity index (χ2v) is 7.87. The van der Waals surface area contributed by atoms with Crippen LogP contribution in [-0.4, -0.2) is 14.5 Å². The molecule has 0 radical (unpaired) electrons. The van der Waals surface area contributed by atoms with Crippen molar-refractivity contribution in [1.82, 2.24) is 0 Å². The monoisotopic (exact) mass is 371 g/mol. The summed E-state index contributed by atoms with van der Waals surface area (Å²) in [7, 11) is -3.92. The second-order valence-electron chi connectivity index (χ2n) is 5.52. The summed E-state index contributed by atoms with van der Waals surface area (Å²) in [5, 5.41) is 9.82. The van der Waals surface area contributed by atoms with Crippen molar-refractivity contribution in [3.63, 3.8) is 0 Å². The van der Waals surface area contributed by atoms with Crippen LogP contribution in [0.2, 0.25) is 5.02 Å². The highest BCUT2D eigenvalue weighted by Crippen LogP contribution is 2.31. The third kappa shape index (κ3) is 3.46. The molecule has 126 valence electrons. The first-order valence-electron chi connectivity index (χ1n) is 7.51. The van der Waals surface area contributed by atoms with Gasteiger partial charge in [0.05, 0.1) is 4.90 Å². The highest BCUT2D eigenvalue weighted by atomic mass is 35.5. The zero-order valence-corrected chi connectivity index (χ0v) is 14.9. The molecule has 0 N–H and O–H groups in total. The van der Waals surface area contributed by atoms with Crippen LogP contribution in [0.3, 0.4) is 0 Å². The van der Waals surface area contributed by atoms with Crippen LogP contribution >= 0.6 is 11.6 Å². The highest BCUT2D eigenvalue weighted by Gasteiger charge is 2.24. The van der Waals surface area contributed by atoms with E-state index in [-0.39, 0.29) is 15.9 Å². The Balaban J connectivity index is 2.05. The van der Waals surface area contributed by atoms with Gasteiger partial charge >= 0.3 is 0 Å². The Morgan fingerprint density at radius 3 is 2.56 bits per heavy atom. The summed E-state index contributed by atoms with van der Waals surface area (Å²) in [6, 6.07) is 15.0. The van der Waals surface area contributed by atoms with E-state index in [0.717, 1.165) is 11.3 Å². The number of nitriles is 1. The lowest BCUT2D eigenvalue weighted by Crippen LogP contribution is -2.18. The lowest BCUT2D eigenvalue weighted by Gasteiger charge is -2.23. The number of hydrogen-bond donors (Lipinski definition) is 0. The Labute approximate surface area is 151 Å². The highest BCUT2D eigenvalue weighted by molar-refractivity contribution is 7.95. The summed E-state index contributed by atoms with van der Waals surface area (Å²) in [4.78, 5) is -0.314. The molecule has 0 saturated carbocycles. The van der Waals surface area contributed by atoms with Crippen LogP contribution in [0.5, 0.6) is 5.75 Å². The van der Waals surface area contributed by atoms with Crippen molar-refractivity contribution in [2.75, 3.05) is 0 Å². The molecule has 0 saturated heterocycles. The molecule has 2 aromatic rings. The fraction of sp³-hybridized carbons (Fsp3) is 0.105.